The maximum absolute atomic E-state index is 12.5. The van der Waals surface area contributed by atoms with Crippen LogP contribution in [0.3, 0.4) is 0 Å². The van der Waals surface area contributed by atoms with Crippen LogP contribution in [0.25, 0.3) is 11.1 Å². The molecule has 0 saturated carbocycles. The van der Waals surface area contributed by atoms with Crippen LogP contribution in [0.15, 0.2) is 30.5 Å². The van der Waals surface area contributed by atoms with Crippen molar-refractivity contribution in [3.8, 4) is 22.8 Å². The van der Waals surface area contributed by atoms with Gasteiger partial charge >= 0.3 is 6.03 Å². The van der Waals surface area contributed by atoms with Gasteiger partial charge in [-0.2, -0.15) is 0 Å². The average molecular weight is 436 g/mol. The van der Waals surface area contributed by atoms with Crippen molar-refractivity contribution in [3.63, 3.8) is 0 Å². The van der Waals surface area contributed by atoms with E-state index in [0.717, 1.165) is 11.1 Å². The lowest BCUT2D eigenvalue weighted by Gasteiger charge is -2.16. The molecule has 1 aromatic heterocycles. The molecule has 1 aromatic carbocycles. The molecule has 0 fully saturated rings. The molecule has 0 spiro atoms. The third kappa shape index (κ3) is 5.39. The van der Waals surface area contributed by atoms with Crippen LogP contribution < -0.4 is 19.5 Å². The van der Waals surface area contributed by atoms with Crippen LogP contribution in [-0.2, 0) is 21.2 Å². The third-order valence-corrected chi connectivity index (χ3v) is 5.63. The first-order chi connectivity index (χ1) is 14.3. The zero-order chi connectivity index (χ0) is 21.7. The zero-order valence-electron chi connectivity index (χ0n) is 17.1. The monoisotopic (exact) mass is 435 g/mol. The normalized spacial score (nSPS) is 12.9. The second-order valence-electron chi connectivity index (χ2n) is 6.94. The van der Waals surface area contributed by atoms with Gasteiger partial charge in [-0.15, -0.1) is 0 Å². The number of rotatable bonds is 8. The molecule has 0 radical (unpaired) electrons. The largest absolute Gasteiger partial charge is 0.493 e. The maximum Gasteiger partial charge on any atom is 0.332 e. The summed E-state index contributed by atoms with van der Waals surface area (Å²) in [6.07, 6.45) is 2.09. The Morgan fingerprint density at radius 1 is 1.30 bits per heavy atom. The number of methoxy groups -OCH3 is 1. The smallest absolute Gasteiger partial charge is 0.332 e. The van der Waals surface area contributed by atoms with E-state index in [2.05, 4.69) is 10.3 Å². The Morgan fingerprint density at radius 3 is 2.83 bits per heavy atom. The van der Waals surface area contributed by atoms with Crippen LogP contribution in [0.1, 0.15) is 19.4 Å². The van der Waals surface area contributed by atoms with Gasteiger partial charge in [0.2, 0.25) is 15.9 Å². The quantitative estimate of drug-likeness (QED) is 0.655. The van der Waals surface area contributed by atoms with Crippen molar-refractivity contribution in [2.75, 3.05) is 31.4 Å². The van der Waals surface area contributed by atoms with Crippen molar-refractivity contribution in [3.05, 3.63) is 36.0 Å². The number of fused-ring (bicyclic) bond motifs is 1. The number of aromatic nitrogens is 1. The highest BCUT2D eigenvalue weighted by molar-refractivity contribution is 7.90. The molecule has 2 aromatic rings. The fourth-order valence-electron chi connectivity index (χ4n) is 3.07. The lowest BCUT2D eigenvalue weighted by molar-refractivity contribution is 0.0912. The Kier molecular flexibility index (Phi) is 6.78. The van der Waals surface area contributed by atoms with Crippen LogP contribution in [-0.4, -0.2) is 51.6 Å². The number of pyridine rings is 1. The average Bonchev–Trinajstić information content (AvgIpc) is 3.16. The zero-order valence-corrected chi connectivity index (χ0v) is 17.9. The lowest BCUT2D eigenvalue weighted by atomic mass is 9.99. The molecule has 2 heterocycles. The fourth-order valence-corrected chi connectivity index (χ4v) is 3.82. The lowest BCUT2D eigenvalue weighted by Crippen LogP contribution is -2.37. The summed E-state index contributed by atoms with van der Waals surface area (Å²) in [6.45, 7) is 4.09. The number of urea groups is 1. The Hall–Kier alpha value is -2.85. The molecule has 2 amide bonds. The molecule has 3 rings (SSSR count). The minimum atomic E-state index is -3.85. The number of hydrogen-bond acceptors (Lipinski definition) is 7. The Labute approximate surface area is 175 Å². The molecule has 0 unspecified atom stereocenters. The number of carbonyl (C=O) groups excluding carboxylic acids is 1. The van der Waals surface area contributed by atoms with E-state index in [0.29, 0.717) is 35.9 Å². The van der Waals surface area contributed by atoms with Gasteiger partial charge in [-0.1, -0.05) is 0 Å². The highest BCUT2D eigenvalue weighted by Crippen LogP contribution is 2.40. The number of benzene rings is 1. The number of sulfonamides is 1. The second kappa shape index (κ2) is 9.31. The van der Waals surface area contributed by atoms with Gasteiger partial charge in [0.25, 0.3) is 0 Å². The second-order valence-corrected chi connectivity index (χ2v) is 8.79. The summed E-state index contributed by atoms with van der Waals surface area (Å²) in [7, 11) is -2.33. The first kappa shape index (κ1) is 21.8. The number of anilines is 1. The summed E-state index contributed by atoms with van der Waals surface area (Å²) in [5, 5.41) is 2.69. The minimum absolute atomic E-state index is 0.00306. The van der Waals surface area contributed by atoms with E-state index >= 15 is 0 Å². The summed E-state index contributed by atoms with van der Waals surface area (Å²) in [6, 6.07) is 6.30. The van der Waals surface area contributed by atoms with E-state index in [1.165, 1.54) is 7.11 Å². The molecule has 0 saturated heterocycles. The topological polar surface area (TPSA) is 116 Å². The summed E-state index contributed by atoms with van der Waals surface area (Å²) < 4.78 is 42.4. The number of nitrogens with zero attached hydrogens (tertiary/aromatic N) is 1. The van der Waals surface area contributed by atoms with Crippen molar-refractivity contribution in [1.82, 2.24) is 9.71 Å². The fraction of sp³-hybridized carbons (Fsp3) is 0.400. The van der Waals surface area contributed by atoms with E-state index in [9.17, 15) is 13.2 Å². The van der Waals surface area contributed by atoms with Gasteiger partial charge in [0.05, 0.1) is 37.9 Å². The molecule has 1 aliphatic rings. The predicted molar refractivity (Wildman–Crippen MR) is 112 cm³/mol. The Morgan fingerprint density at radius 2 is 2.10 bits per heavy atom. The van der Waals surface area contributed by atoms with E-state index in [-0.39, 0.29) is 18.5 Å². The molecule has 0 aliphatic carbocycles. The van der Waals surface area contributed by atoms with Crippen LogP contribution in [0.5, 0.6) is 11.6 Å². The Balaban J connectivity index is 1.84. The molecule has 0 bridgehead atoms. The molecule has 9 nitrogen and oxygen atoms in total. The van der Waals surface area contributed by atoms with E-state index in [4.69, 9.17) is 14.2 Å². The number of amides is 2. The molecule has 0 atom stereocenters. The van der Waals surface area contributed by atoms with Gasteiger partial charge in [0.15, 0.2) is 0 Å². The highest BCUT2D eigenvalue weighted by Gasteiger charge is 2.23. The van der Waals surface area contributed by atoms with Crippen molar-refractivity contribution in [2.24, 2.45) is 0 Å². The van der Waals surface area contributed by atoms with Gasteiger partial charge in [-0.25, -0.2) is 22.9 Å². The first-order valence-corrected chi connectivity index (χ1v) is 11.2. The standard InChI is InChI=1S/C20H25N3O6S/c1-13(2)28-10-11-30(25,26)23-20(24)22-19-15(4-5-17-16(19)7-9-29-17)14-6-8-21-18(12-14)27-3/h4-6,8,12-13H,7,9-11H2,1-3H3,(H2,22,23,24). The van der Waals surface area contributed by atoms with Crippen molar-refractivity contribution in [1.29, 1.82) is 0 Å². The van der Waals surface area contributed by atoms with Crippen molar-refractivity contribution in [2.45, 2.75) is 26.4 Å². The first-order valence-electron chi connectivity index (χ1n) is 9.51. The molecule has 30 heavy (non-hydrogen) atoms. The molecular formula is C20H25N3O6S. The van der Waals surface area contributed by atoms with Gasteiger partial charge in [-0.05, 0) is 37.6 Å². The van der Waals surface area contributed by atoms with E-state index in [1.54, 1.807) is 38.2 Å². The summed E-state index contributed by atoms with van der Waals surface area (Å²) in [4.78, 5) is 16.6. The molecule has 1 aliphatic heterocycles. The molecular weight excluding hydrogens is 410 g/mol. The Bertz CT molecular complexity index is 1020. The number of ether oxygens (including phenoxy) is 3. The molecule has 2 N–H and O–H groups in total. The van der Waals surface area contributed by atoms with Crippen LogP contribution in [0.4, 0.5) is 10.5 Å². The molecule has 10 heteroatoms. The summed E-state index contributed by atoms with van der Waals surface area (Å²) in [5.74, 6) is 0.763. The van der Waals surface area contributed by atoms with Gasteiger partial charge in [-0.3, -0.25) is 0 Å². The van der Waals surface area contributed by atoms with E-state index < -0.39 is 16.1 Å². The highest BCUT2D eigenvalue weighted by atomic mass is 32.2. The van der Waals surface area contributed by atoms with Crippen molar-refractivity contribution >= 4 is 21.7 Å². The third-order valence-electron chi connectivity index (χ3n) is 4.42. The van der Waals surface area contributed by atoms with Crippen LogP contribution in [0.2, 0.25) is 0 Å². The number of carbonyl (C=O) groups is 1. The molecule has 162 valence electrons. The van der Waals surface area contributed by atoms with E-state index in [1.807, 2.05) is 10.8 Å². The van der Waals surface area contributed by atoms with Gasteiger partial charge in [0, 0.05) is 29.8 Å². The van der Waals surface area contributed by atoms with Crippen LogP contribution >= 0.6 is 0 Å². The predicted octanol–water partition coefficient (Wildman–Crippen LogP) is 2.57. The van der Waals surface area contributed by atoms with Crippen molar-refractivity contribution < 1.29 is 27.4 Å². The number of nitrogens with one attached hydrogen (secondary N) is 2. The number of hydrogen-bond donors (Lipinski definition) is 2. The summed E-state index contributed by atoms with van der Waals surface area (Å²) >= 11 is 0. The maximum atomic E-state index is 12.5. The van der Waals surface area contributed by atoms with Crippen LogP contribution in [0, 0.1) is 0 Å². The van der Waals surface area contributed by atoms with Gasteiger partial charge in [0.1, 0.15) is 5.75 Å². The summed E-state index contributed by atoms with van der Waals surface area (Å²) in [5.41, 5.74) is 2.76. The minimum Gasteiger partial charge on any atom is -0.493 e. The SMILES string of the molecule is COc1cc(-c2ccc3c(c2NC(=O)NS(=O)(=O)CCOC(C)C)CCO3)ccn1. The van der Waals surface area contributed by atoms with Gasteiger partial charge < -0.3 is 19.5 Å².